The Labute approximate surface area is 169 Å². The molecule has 2 fully saturated rings. The largest absolute Gasteiger partial charge is 0.349 e. The van der Waals surface area contributed by atoms with E-state index in [1.54, 1.807) is 14.1 Å². The van der Waals surface area contributed by atoms with Gasteiger partial charge in [-0.3, -0.25) is 9.59 Å². The van der Waals surface area contributed by atoms with E-state index in [1.807, 2.05) is 4.90 Å². The minimum atomic E-state index is -1.21. The summed E-state index contributed by atoms with van der Waals surface area (Å²) < 4.78 is 40.5. The van der Waals surface area contributed by atoms with Crippen LogP contribution in [0.3, 0.4) is 0 Å². The first-order valence-electron chi connectivity index (χ1n) is 10.1. The molecule has 2 aliphatic heterocycles. The number of nitrogens with two attached hydrogens (primary N) is 1. The van der Waals surface area contributed by atoms with Crippen molar-refractivity contribution in [1.29, 1.82) is 0 Å². The van der Waals surface area contributed by atoms with Gasteiger partial charge >= 0.3 is 0 Å². The predicted octanol–water partition coefficient (Wildman–Crippen LogP) is 2.61. The molecule has 2 bridgehead atoms. The lowest BCUT2D eigenvalue weighted by Gasteiger charge is -2.41. The first-order valence-corrected chi connectivity index (χ1v) is 10.1. The van der Waals surface area contributed by atoms with E-state index >= 15 is 0 Å². The second-order valence-corrected chi connectivity index (χ2v) is 8.43. The van der Waals surface area contributed by atoms with Gasteiger partial charge in [0.15, 0.2) is 11.6 Å². The molecule has 2 heterocycles. The monoisotopic (exact) mass is 411 g/mol. The molecular weight excluding hydrogens is 383 g/mol. The molecule has 5 nitrogen and oxygen atoms in total. The molecule has 0 aliphatic carbocycles. The number of nitrogens with zero attached hydrogens (tertiary/aromatic N) is 2. The number of piperidine rings is 1. The Morgan fingerprint density at radius 2 is 1.66 bits per heavy atom. The van der Waals surface area contributed by atoms with Crippen molar-refractivity contribution in [2.75, 3.05) is 14.1 Å². The van der Waals surface area contributed by atoms with Crippen LogP contribution in [0.1, 0.15) is 44.1 Å². The molecule has 160 valence electrons. The molecule has 1 aromatic rings. The third-order valence-electron chi connectivity index (χ3n) is 6.26. The van der Waals surface area contributed by atoms with E-state index in [1.165, 1.54) is 4.90 Å². The van der Waals surface area contributed by atoms with E-state index in [0.717, 1.165) is 18.9 Å². The molecule has 3 atom stereocenters. The van der Waals surface area contributed by atoms with Crippen molar-refractivity contribution in [3.63, 3.8) is 0 Å². The van der Waals surface area contributed by atoms with Crippen molar-refractivity contribution >= 4 is 11.8 Å². The Morgan fingerprint density at radius 3 is 2.24 bits per heavy atom. The van der Waals surface area contributed by atoms with Gasteiger partial charge in [-0.05, 0) is 49.7 Å². The molecule has 0 aromatic heterocycles. The quantitative estimate of drug-likeness (QED) is 0.732. The second kappa shape index (κ2) is 8.73. The van der Waals surface area contributed by atoms with Crippen LogP contribution in [-0.4, -0.2) is 53.8 Å². The molecule has 2 saturated heterocycles. The second-order valence-electron chi connectivity index (χ2n) is 8.43. The molecule has 1 aromatic carbocycles. The van der Waals surface area contributed by atoms with Gasteiger partial charge in [-0.25, -0.2) is 13.2 Å². The highest BCUT2D eigenvalue weighted by Crippen LogP contribution is 2.40. The summed E-state index contributed by atoms with van der Waals surface area (Å²) >= 11 is 0. The topological polar surface area (TPSA) is 66.6 Å². The number of halogens is 3. The minimum Gasteiger partial charge on any atom is -0.349 e. The molecule has 0 radical (unpaired) electrons. The smallest absolute Gasteiger partial charge is 0.223 e. The Hall–Kier alpha value is -2.09. The zero-order valence-electron chi connectivity index (χ0n) is 16.8. The molecule has 29 heavy (non-hydrogen) atoms. The van der Waals surface area contributed by atoms with Crippen molar-refractivity contribution < 1.29 is 22.8 Å². The highest BCUT2D eigenvalue weighted by molar-refractivity contribution is 5.84. The summed E-state index contributed by atoms with van der Waals surface area (Å²) in [5.74, 6) is -3.09. The van der Waals surface area contributed by atoms with Crippen molar-refractivity contribution in [3.8, 4) is 0 Å². The molecule has 0 spiro atoms. The fourth-order valence-electron chi connectivity index (χ4n) is 4.68. The summed E-state index contributed by atoms with van der Waals surface area (Å²) in [4.78, 5) is 27.8. The third kappa shape index (κ3) is 4.74. The number of rotatable bonds is 6. The van der Waals surface area contributed by atoms with Gasteiger partial charge in [0.25, 0.3) is 0 Å². The van der Waals surface area contributed by atoms with Crippen LogP contribution in [-0.2, 0) is 16.0 Å². The van der Waals surface area contributed by atoms with Crippen LogP contribution in [0.2, 0.25) is 0 Å². The number of benzene rings is 1. The van der Waals surface area contributed by atoms with E-state index in [0.29, 0.717) is 18.9 Å². The van der Waals surface area contributed by atoms with E-state index in [2.05, 4.69) is 0 Å². The first kappa shape index (κ1) is 21.6. The molecule has 0 saturated carbocycles. The van der Waals surface area contributed by atoms with Crippen LogP contribution in [0.5, 0.6) is 0 Å². The molecule has 2 amide bonds. The van der Waals surface area contributed by atoms with Gasteiger partial charge < -0.3 is 15.5 Å². The number of carbonyl (C=O) groups excluding carboxylic acids is 2. The highest BCUT2D eigenvalue weighted by atomic mass is 19.2. The van der Waals surface area contributed by atoms with Crippen LogP contribution in [0.25, 0.3) is 0 Å². The lowest BCUT2D eigenvalue weighted by atomic mass is 9.82. The Kier molecular flexibility index (Phi) is 6.51. The van der Waals surface area contributed by atoms with Crippen molar-refractivity contribution in [3.05, 3.63) is 35.1 Å². The zero-order chi connectivity index (χ0) is 21.3. The molecule has 2 N–H and O–H groups in total. The average Bonchev–Trinajstić information content (AvgIpc) is 2.93. The summed E-state index contributed by atoms with van der Waals surface area (Å²) in [6.07, 6.45) is 3.70. The van der Waals surface area contributed by atoms with E-state index in [9.17, 15) is 22.8 Å². The highest BCUT2D eigenvalue weighted by Gasteiger charge is 2.44. The van der Waals surface area contributed by atoms with Crippen LogP contribution < -0.4 is 5.73 Å². The molecule has 2 unspecified atom stereocenters. The van der Waals surface area contributed by atoms with Crippen molar-refractivity contribution in [1.82, 2.24) is 9.80 Å². The normalized spacial score (nSPS) is 24.5. The molecular formula is C21H28F3N3O2. The lowest BCUT2D eigenvalue weighted by Crippen LogP contribution is -2.50. The van der Waals surface area contributed by atoms with Crippen LogP contribution in [0.15, 0.2) is 12.1 Å². The molecule has 3 rings (SSSR count). The Bertz CT molecular complexity index is 773. The minimum absolute atomic E-state index is 0.00799. The number of amides is 2. The van der Waals surface area contributed by atoms with Gasteiger partial charge in [-0.2, -0.15) is 0 Å². The number of hydrogen-bond acceptors (Lipinski definition) is 3. The third-order valence-corrected chi connectivity index (χ3v) is 6.26. The summed E-state index contributed by atoms with van der Waals surface area (Å²) in [5, 5.41) is 0. The van der Waals surface area contributed by atoms with Crippen molar-refractivity contribution in [2.45, 2.75) is 63.1 Å². The predicted molar refractivity (Wildman–Crippen MR) is 102 cm³/mol. The van der Waals surface area contributed by atoms with Gasteiger partial charge in [0.05, 0.1) is 0 Å². The van der Waals surface area contributed by atoms with Crippen LogP contribution in [0.4, 0.5) is 13.2 Å². The van der Waals surface area contributed by atoms with E-state index < -0.39 is 23.5 Å². The van der Waals surface area contributed by atoms with Crippen LogP contribution in [0, 0.1) is 23.4 Å². The van der Waals surface area contributed by atoms with Gasteiger partial charge in [-0.1, -0.05) is 0 Å². The fourth-order valence-corrected chi connectivity index (χ4v) is 4.68. The fraction of sp³-hybridized carbons (Fsp3) is 0.619. The maximum atomic E-state index is 14.0. The maximum absolute atomic E-state index is 14.0. The standard InChI is InChI=1S/C21H28F3N3O2/c1-26(2)20(28)5-6-21(29)27-14-3-4-15(27)8-13(7-14)19(25)10-12-9-17(23)18(24)11-16(12)22/h9,11,13-15,19H,3-8,10,25H2,1-2H3/t13?,14?,15?,19-/m1/s1. The Morgan fingerprint density at radius 1 is 1.07 bits per heavy atom. The zero-order valence-corrected chi connectivity index (χ0v) is 16.8. The first-order chi connectivity index (χ1) is 13.7. The van der Waals surface area contributed by atoms with Crippen molar-refractivity contribution in [2.24, 2.45) is 11.7 Å². The summed E-state index contributed by atoms with van der Waals surface area (Å²) in [7, 11) is 3.33. The summed E-state index contributed by atoms with van der Waals surface area (Å²) in [5.41, 5.74) is 6.38. The number of hydrogen-bond donors (Lipinski definition) is 1. The van der Waals surface area contributed by atoms with Gasteiger partial charge in [-0.15, -0.1) is 0 Å². The van der Waals surface area contributed by atoms with E-state index in [4.69, 9.17) is 5.73 Å². The SMILES string of the molecule is CN(C)C(=O)CCC(=O)N1C2CCC1CC([C@H](N)Cc1cc(F)c(F)cc1F)C2. The van der Waals surface area contributed by atoms with Gasteiger partial charge in [0.1, 0.15) is 5.82 Å². The average molecular weight is 411 g/mol. The van der Waals surface area contributed by atoms with Gasteiger partial charge in [0, 0.05) is 51.1 Å². The van der Waals surface area contributed by atoms with Crippen LogP contribution >= 0.6 is 0 Å². The number of fused-ring (bicyclic) bond motifs is 2. The summed E-state index contributed by atoms with van der Waals surface area (Å²) in [6, 6.07) is 1.17. The van der Waals surface area contributed by atoms with E-state index in [-0.39, 0.29) is 54.6 Å². The molecule has 2 aliphatic rings. The number of carbonyl (C=O) groups is 2. The maximum Gasteiger partial charge on any atom is 0.223 e. The summed E-state index contributed by atoms with van der Waals surface area (Å²) in [6.45, 7) is 0. The Balaban J connectivity index is 1.60. The molecule has 8 heteroatoms. The van der Waals surface area contributed by atoms with Gasteiger partial charge in [0.2, 0.25) is 11.8 Å². The lowest BCUT2D eigenvalue weighted by molar-refractivity contribution is -0.139.